The molecule has 15 heavy (non-hydrogen) atoms. The first-order valence-electron chi connectivity index (χ1n) is 5.05. The molecule has 0 atom stereocenters. The Hall–Kier alpha value is -1.06. The standard InChI is InChI=1S/C11H14ClN3/c12-10-6-9(7-13)8-14-11(10)15-4-2-1-3-5-15/h1-2,6,8H,3-5,7,13H2. The van der Waals surface area contributed by atoms with E-state index in [-0.39, 0.29) is 0 Å². The fraction of sp³-hybridized carbons (Fsp3) is 0.364. The summed E-state index contributed by atoms with van der Waals surface area (Å²) in [4.78, 5) is 6.52. The molecule has 2 N–H and O–H groups in total. The van der Waals surface area contributed by atoms with Crippen LogP contribution in [0.5, 0.6) is 0 Å². The van der Waals surface area contributed by atoms with Crippen molar-refractivity contribution in [1.82, 2.24) is 4.98 Å². The molecule has 0 radical (unpaired) electrons. The lowest BCUT2D eigenvalue weighted by Crippen LogP contribution is -2.27. The van der Waals surface area contributed by atoms with Gasteiger partial charge < -0.3 is 10.6 Å². The summed E-state index contributed by atoms with van der Waals surface area (Å²) in [6.45, 7) is 2.34. The van der Waals surface area contributed by atoms with Crippen molar-refractivity contribution in [2.45, 2.75) is 13.0 Å². The van der Waals surface area contributed by atoms with Gasteiger partial charge in [-0.25, -0.2) is 4.98 Å². The van der Waals surface area contributed by atoms with E-state index in [4.69, 9.17) is 17.3 Å². The molecule has 0 aliphatic carbocycles. The fourth-order valence-corrected chi connectivity index (χ4v) is 1.96. The molecule has 1 aliphatic heterocycles. The van der Waals surface area contributed by atoms with Crippen molar-refractivity contribution in [1.29, 1.82) is 0 Å². The number of aromatic nitrogens is 1. The van der Waals surface area contributed by atoms with Gasteiger partial charge in [-0.1, -0.05) is 23.8 Å². The van der Waals surface area contributed by atoms with E-state index in [1.165, 1.54) is 0 Å². The van der Waals surface area contributed by atoms with E-state index in [9.17, 15) is 0 Å². The second-order valence-corrected chi connectivity index (χ2v) is 3.97. The van der Waals surface area contributed by atoms with Crippen molar-refractivity contribution in [3.05, 3.63) is 35.0 Å². The highest BCUT2D eigenvalue weighted by Crippen LogP contribution is 2.25. The monoisotopic (exact) mass is 223 g/mol. The number of rotatable bonds is 2. The number of hydrogen-bond acceptors (Lipinski definition) is 3. The molecule has 0 bridgehead atoms. The number of nitrogens with two attached hydrogens (primary N) is 1. The third-order valence-electron chi connectivity index (χ3n) is 2.47. The van der Waals surface area contributed by atoms with Crippen LogP contribution in [-0.2, 0) is 6.54 Å². The SMILES string of the molecule is NCc1cnc(N2CC=CCC2)c(Cl)c1. The maximum atomic E-state index is 6.16. The van der Waals surface area contributed by atoms with Crippen LogP contribution < -0.4 is 10.6 Å². The summed E-state index contributed by atoms with van der Waals surface area (Å²) in [5, 5.41) is 0.688. The van der Waals surface area contributed by atoms with Crippen molar-refractivity contribution in [3.8, 4) is 0 Å². The molecule has 4 heteroatoms. The van der Waals surface area contributed by atoms with Gasteiger partial charge >= 0.3 is 0 Å². The van der Waals surface area contributed by atoms with Gasteiger partial charge in [0.2, 0.25) is 0 Å². The van der Waals surface area contributed by atoms with Crippen molar-refractivity contribution in [3.63, 3.8) is 0 Å². The van der Waals surface area contributed by atoms with Crippen molar-refractivity contribution < 1.29 is 0 Å². The molecule has 1 aliphatic rings. The van der Waals surface area contributed by atoms with Crippen LogP contribution in [0.1, 0.15) is 12.0 Å². The minimum atomic E-state index is 0.479. The molecular weight excluding hydrogens is 210 g/mol. The number of pyridine rings is 1. The van der Waals surface area contributed by atoms with E-state index in [1.807, 2.05) is 6.07 Å². The van der Waals surface area contributed by atoms with Crippen molar-refractivity contribution >= 4 is 17.4 Å². The number of nitrogens with zero attached hydrogens (tertiary/aromatic N) is 2. The zero-order valence-electron chi connectivity index (χ0n) is 8.49. The molecule has 0 fully saturated rings. The van der Waals surface area contributed by atoms with E-state index >= 15 is 0 Å². The molecule has 1 aromatic rings. The Labute approximate surface area is 94.5 Å². The first-order valence-corrected chi connectivity index (χ1v) is 5.43. The third-order valence-corrected chi connectivity index (χ3v) is 2.75. The summed E-state index contributed by atoms with van der Waals surface area (Å²) in [5.74, 6) is 0.859. The molecule has 0 unspecified atom stereocenters. The summed E-state index contributed by atoms with van der Waals surface area (Å²) < 4.78 is 0. The Balaban J connectivity index is 2.24. The van der Waals surface area contributed by atoms with Gasteiger partial charge in [0, 0.05) is 25.8 Å². The average molecular weight is 224 g/mol. The quantitative estimate of drug-likeness (QED) is 0.780. The lowest BCUT2D eigenvalue weighted by Gasteiger charge is -2.25. The summed E-state index contributed by atoms with van der Waals surface area (Å²) >= 11 is 6.16. The molecule has 0 saturated heterocycles. The maximum absolute atomic E-state index is 6.16. The largest absolute Gasteiger partial charge is 0.351 e. The Morgan fingerprint density at radius 1 is 1.47 bits per heavy atom. The van der Waals surface area contributed by atoms with E-state index in [2.05, 4.69) is 22.0 Å². The molecule has 1 aromatic heterocycles. The highest BCUT2D eigenvalue weighted by atomic mass is 35.5. The predicted octanol–water partition coefficient (Wildman–Crippen LogP) is 1.96. The zero-order valence-corrected chi connectivity index (χ0v) is 9.24. The molecule has 0 amide bonds. The predicted molar refractivity (Wildman–Crippen MR) is 63.1 cm³/mol. The van der Waals surface area contributed by atoms with Crippen LogP contribution in [0.4, 0.5) is 5.82 Å². The lowest BCUT2D eigenvalue weighted by atomic mass is 10.2. The highest BCUT2D eigenvalue weighted by molar-refractivity contribution is 6.33. The van der Waals surface area contributed by atoms with Crippen LogP contribution >= 0.6 is 11.6 Å². The Bertz CT molecular complexity index is 376. The van der Waals surface area contributed by atoms with Gasteiger partial charge in [-0.2, -0.15) is 0 Å². The summed E-state index contributed by atoms with van der Waals surface area (Å²) in [6.07, 6.45) is 7.16. The van der Waals surface area contributed by atoms with Crippen LogP contribution in [0.25, 0.3) is 0 Å². The van der Waals surface area contributed by atoms with Crippen LogP contribution in [0.2, 0.25) is 5.02 Å². The van der Waals surface area contributed by atoms with Crippen LogP contribution in [0.3, 0.4) is 0 Å². The number of hydrogen-bond donors (Lipinski definition) is 1. The molecule has 2 heterocycles. The summed E-state index contributed by atoms with van der Waals surface area (Å²) in [5.41, 5.74) is 6.49. The zero-order chi connectivity index (χ0) is 10.7. The number of anilines is 1. The van der Waals surface area contributed by atoms with Gasteiger partial charge in [0.1, 0.15) is 5.82 Å². The minimum Gasteiger partial charge on any atom is -0.351 e. The highest BCUT2D eigenvalue weighted by Gasteiger charge is 2.12. The van der Waals surface area contributed by atoms with Gasteiger partial charge in [-0.05, 0) is 18.1 Å². The normalized spacial score (nSPS) is 15.7. The molecule has 2 rings (SSSR count). The molecule has 3 nitrogen and oxygen atoms in total. The molecule has 0 saturated carbocycles. The van der Waals surface area contributed by atoms with Crippen molar-refractivity contribution in [2.75, 3.05) is 18.0 Å². The summed E-state index contributed by atoms with van der Waals surface area (Å²) in [7, 11) is 0. The van der Waals surface area contributed by atoms with E-state index in [0.29, 0.717) is 11.6 Å². The maximum Gasteiger partial charge on any atom is 0.147 e. The average Bonchev–Trinajstić information content (AvgIpc) is 2.30. The number of halogens is 1. The van der Waals surface area contributed by atoms with Gasteiger partial charge in [-0.15, -0.1) is 0 Å². The smallest absolute Gasteiger partial charge is 0.147 e. The van der Waals surface area contributed by atoms with Crippen LogP contribution in [-0.4, -0.2) is 18.1 Å². The lowest BCUT2D eigenvalue weighted by molar-refractivity contribution is 0.804. The summed E-state index contributed by atoms with van der Waals surface area (Å²) in [6, 6.07) is 1.89. The molecule has 80 valence electrons. The van der Waals surface area contributed by atoms with Crippen LogP contribution in [0, 0.1) is 0 Å². The first kappa shape index (κ1) is 10.5. The third kappa shape index (κ3) is 2.30. The van der Waals surface area contributed by atoms with Gasteiger partial charge in [0.05, 0.1) is 5.02 Å². The molecular formula is C11H14ClN3. The van der Waals surface area contributed by atoms with Gasteiger partial charge in [-0.3, -0.25) is 0 Å². The van der Waals surface area contributed by atoms with E-state index in [0.717, 1.165) is 30.9 Å². The van der Waals surface area contributed by atoms with E-state index < -0.39 is 0 Å². The first-order chi connectivity index (χ1) is 7.31. The topological polar surface area (TPSA) is 42.1 Å². The van der Waals surface area contributed by atoms with Gasteiger partial charge in [0.15, 0.2) is 0 Å². The van der Waals surface area contributed by atoms with Gasteiger partial charge in [0.25, 0.3) is 0 Å². The second-order valence-electron chi connectivity index (χ2n) is 3.56. The molecule has 0 aromatic carbocycles. The second kappa shape index (κ2) is 4.64. The van der Waals surface area contributed by atoms with Crippen LogP contribution in [0.15, 0.2) is 24.4 Å². The Kier molecular flexibility index (Phi) is 3.23. The van der Waals surface area contributed by atoms with Crippen molar-refractivity contribution in [2.24, 2.45) is 5.73 Å². The Morgan fingerprint density at radius 2 is 2.33 bits per heavy atom. The fourth-order valence-electron chi connectivity index (χ4n) is 1.65. The molecule has 0 spiro atoms. The Morgan fingerprint density at radius 3 is 2.93 bits per heavy atom. The van der Waals surface area contributed by atoms with E-state index in [1.54, 1.807) is 6.20 Å². The minimum absolute atomic E-state index is 0.479.